The summed E-state index contributed by atoms with van der Waals surface area (Å²) in [4.78, 5) is 67.5. The van der Waals surface area contributed by atoms with Gasteiger partial charge in [-0.15, -0.1) is 0 Å². The summed E-state index contributed by atoms with van der Waals surface area (Å²) in [5.74, 6) is -2.49. The third kappa shape index (κ3) is 13.0. The smallest absolute Gasteiger partial charge is 0.408 e. The second-order valence-corrected chi connectivity index (χ2v) is 12.8. The summed E-state index contributed by atoms with van der Waals surface area (Å²) >= 11 is 0. The molecule has 0 saturated carbocycles. The van der Waals surface area contributed by atoms with E-state index in [1.54, 1.807) is 71.9 Å². The van der Waals surface area contributed by atoms with Crippen LogP contribution in [0.4, 0.5) is 4.79 Å². The number of nitrogens with two attached hydrogens (primary N) is 1. The molecule has 0 aromatic heterocycles. The van der Waals surface area contributed by atoms with E-state index in [0.29, 0.717) is 12.0 Å². The Morgan fingerprint density at radius 3 is 1.87 bits per heavy atom. The van der Waals surface area contributed by atoms with Crippen molar-refractivity contribution >= 4 is 29.8 Å². The van der Waals surface area contributed by atoms with Gasteiger partial charge in [0.05, 0.1) is 0 Å². The summed E-state index contributed by atoms with van der Waals surface area (Å²) in [6.45, 7) is 12.2. The normalized spacial score (nSPS) is 13.5. The van der Waals surface area contributed by atoms with Crippen LogP contribution in [-0.4, -0.2) is 64.5 Å². The number of esters is 1. The van der Waals surface area contributed by atoms with E-state index in [1.165, 1.54) is 4.90 Å². The monoisotopic (exact) mass is 624 g/mol. The molecule has 0 aliphatic rings. The van der Waals surface area contributed by atoms with Crippen LogP contribution >= 0.6 is 0 Å². The standard InChI is InChI=1S/C34H48N4O7/c1-8-21-38(30(41)25(19-20-27(35)39)37-32(43)45-34(5,6)7)28(24-17-13-10-14-18-24)29(40)36-26(31(42)44-33(2,3)4)22-23-15-11-9-12-16-23/h9-18,25-26,28H,8,19-22H2,1-7H3,(H2,35,39)(H,36,40)(H,37,43). The van der Waals surface area contributed by atoms with Crippen LogP contribution < -0.4 is 16.4 Å². The second kappa shape index (κ2) is 16.6. The SMILES string of the molecule is CCCN(C(=O)C(CCC(N)=O)NC(=O)OC(C)(C)C)C(C(=O)NC(Cc1ccccc1)C(=O)OC(C)(C)C)c1ccccc1. The van der Waals surface area contributed by atoms with Gasteiger partial charge in [0.1, 0.15) is 29.3 Å². The molecule has 246 valence electrons. The van der Waals surface area contributed by atoms with Crippen LogP contribution in [0.3, 0.4) is 0 Å². The van der Waals surface area contributed by atoms with Crippen LogP contribution in [0.5, 0.6) is 0 Å². The molecule has 45 heavy (non-hydrogen) atoms. The minimum atomic E-state index is -1.22. The molecule has 2 aromatic rings. The van der Waals surface area contributed by atoms with Crippen LogP contribution in [0.15, 0.2) is 60.7 Å². The lowest BCUT2D eigenvalue weighted by Crippen LogP contribution is -2.55. The largest absolute Gasteiger partial charge is 0.458 e. The summed E-state index contributed by atoms with van der Waals surface area (Å²) < 4.78 is 11.0. The minimum Gasteiger partial charge on any atom is -0.458 e. The predicted octanol–water partition coefficient (Wildman–Crippen LogP) is 4.19. The molecule has 3 unspecified atom stereocenters. The highest BCUT2D eigenvalue weighted by atomic mass is 16.6. The summed E-state index contributed by atoms with van der Waals surface area (Å²) in [5.41, 5.74) is 5.03. The van der Waals surface area contributed by atoms with Crippen molar-refractivity contribution in [2.45, 2.75) is 103 Å². The first-order valence-electron chi connectivity index (χ1n) is 15.2. The molecule has 3 atom stereocenters. The topological polar surface area (TPSA) is 157 Å². The molecule has 11 nitrogen and oxygen atoms in total. The third-order valence-electron chi connectivity index (χ3n) is 6.38. The highest BCUT2D eigenvalue weighted by Crippen LogP contribution is 2.25. The zero-order valence-electron chi connectivity index (χ0n) is 27.4. The van der Waals surface area contributed by atoms with Gasteiger partial charge in [-0.2, -0.15) is 0 Å². The van der Waals surface area contributed by atoms with Crippen molar-refractivity contribution in [1.82, 2.24) is 15.5 Å². The van der Waals surface area contributed by atoms with E-state index < -0.39 is 59.1 Å². The first kappa shape index (κ1) is 36.8. The van der Waals surface area contributed by atoms with E-state index in [9.17, 15) is 24.0 Å². The number of carbonyl (C=O) groups excluding carboxylic acids is 5. The second-order valence-electron chi connectivity index (χ2n) is 12.8. The fourth-order valence-corrected chi connectivity index (χ4v) is 4.58. The minimum absolute atomic E-state index is 0.106. The van der Waals surface area contributed by atoms with Crippen molar-refractivity contribution < 1.29 is 33.4 Å². The Morgan fingerprint density at radius 2 is 1.36 bits per heavy atom. The average molecular weight is 625 g/mol. The number of nitrogens with one attached hydrogen (secondary N) is 2. The van der Waals surface area contributed by atoms with Crippen LogP contribution in [0.1, 0.15) is 84.9 Å². The van der Waals surface area contributed by atoms with E-state index in [1.807, 2.05) is 37.3 Å². The molecule has 0 spiro atoms. The van der Waals surface area contributed by atoms with Crippen LogP contribution in [0.2, 0.25) is 0 Å². The molecule has 0 aliphatic heterocycles. The van der Waals surface area contributed by atoms with Gasteiger partial charge in [0.2, 0.25) is 17.7 Å². The number of benzene rings is 2. The molecule has 0 fully saturated rings. The third-order valence-corrected chi connectivity index (χ3v) is 6.38. The number of nitrogens with zero attached hydrogens (tertiary/aromatic N) is 1. The van der Waals surface area contributed by atoms with Crippen LogP contribution in [-0.2, 0) is 35.1 Å². The molecule has 11 heteroatoms. The zero-order valence-corrected chi connectivity index (χ0v) is 27.4. The van der Waals surface area contributed by atoms with E-state index in [-0.39, 0.29) is 25.8 Å². The Balaban J connectivity index is 2.53. The van der Waals surface area contributed by atoms with Gasteiger partial charge in [-0.1, -0.05) is 67.6 Å². The molecule has 0 saturated heterocycles. The van der Waals surface area contributed by atoms with E-state index in [2.05, 4.69) is 10.6 Å². The van der Waals surface area contributed by atoms with E-state index in [0.717, 1.165) is 5.56 Å². The summed E-state index contributed by atoms with van der Waals surface area (Å²) in [5, 5.41) is 5.41. The lowest BCUT2D eigenvalue weighted by atomic mass is 10.00. The number of amides is 4. The van der Waals surface area contributed by atoms with Crippen molar-refractivity contribution in [3.63, 3.8) is 0 Å². The first-order valence-corrected chi connectivity index (χ1v) is 15.2. The Labute approximate surface area is 266 Å². The number of hydrogen-bond donors (Lipinski definition) is 3. The molecule has 2 aromatic carbocycles. The van der Waals surface area contributed by atoms with Gasteiger partial charge in [0.15, 0.2) is 0 Å². The maximum Gasteiger partial charge on any atom is 0.408 e. The Kier molecular flexibility index (Phi) is 13.6. The molecule has 0 heterocycles. The first-order chi connectivity index (χ1) is 21.0. The van der Waals surface area contributed by atoms with Gasteiger partial charge in [-0.25, -0.2) is 9.59 Å². The molecule has 0 bridgehead atoms. The van der Waals surface area contributed by atoms with Crippen molar-refractivity contribution in [1.29, 1.82) is 0 Å². The fraction of sp³-hybridized carbons (Fsp3) is 0.500. The highest BCUT2D eigenvalue weighted by Gasteiger charge is 2.38. The Bertz CT molecular complexity index is 1290. The Hall–Kier alpha value is -4.41. The quantitative estimate of drug-likeness (QED) is 0.266. The zero-order chi connectivity index (χ0) is 33.8. The van der Waals surface area contributed by atoms with E-state index in [4.69, 9.17) is 15.2 Å². The number of alkyl carbamates (subject to hydrolysis) is 1. The highest BCUT2D eigenvalue weighted by molar-refractivity contribution is 5.94. The van der Waals surface area contributed by atoms with Crippen molar-refractivity contribution in [3.05, 3.63) is 71.8 Å². The van der Waals surface area contributed by atoms with Gasteiger partial charge in [-0.3, -0.25) is 14.4 Å². The molecule has 0 aliphatic carbocycles. The van der Waals surface area contributed by atoms with Gasteiger partial charge in [0, 0.05) is 19.4 Å². The number of rotatable bonds is 14. The van der Waals surface area contributed by atoms with Gasteiger partial charge < -0.3 is 30.7 Å². The van der Waals surface area contributed by atoms with Crippen molar-refractivity contribution in [2.24, 2.45) is 5.73 Å². The number of ether oxygens (including phenoxy) is 2. The van der Waals surface area contributed by atoms with E-state index >= 15 is 0 Å². The van der Waals surface area contributed by atoms with Gasteiger partial charge >= 0.3 is 12.1 Å². The molecular formula is C34H48N4O7. The Morgan fingerprint density at radius 1 is 0.800 bits per heavy atom. The van der Waals surface area contributed by atoms with Gasteiger partial charge in [0.25, 0.3) is 0 Å². The lowest BCUT2D eigenvalue weighted by Gasteiger charge is -2.35. The lowest BCUT2D eigenvalue weighted by molar-refractivity contribution is -0.159. The summed E-state index contributed by atoms with van der Waals surface area (Å²) in [6.07, 6.45) is -0.518. The maximum absolute atomic E-state index is 14.2. The molecule has 4 N–H and O–H groups in total. The summed E-state index contributed by atoms with van der Waals surface area (Å²) in [7, 11) is 0. The predicted molar refractivity (Wildman–Crippen MR) is 171 cm³/mol. The van der Waals surface area contributed by atoms with Crippen LogP contribution in [0.25, 0.3) is 0 Å². The number of primary amides is 1. The van der Waals surface area contributed by atoms with Crippen molar-refractivity contribution in [3.8, 4) is 0 Å². The molecule has 2 rings (SSSR count). The fourth-order valence-electron chi connectivity index (χ4n) is 4.58. The number of carbonyl (C=O) groups is 5. The van der Waals surface area contributed by atoms with Crippen LogP contribution in [0, 0.1) is 0 Å². The average Bonchev–Trinajstić information content (AvgIpc) is 2.93. The number of hydrogen-bond acceptors (Lipinski definition) is 7. The molecule has 0 radical (unpaired) electrons. The van der Waals surface area contributed by atoms with Crippen molar-refractivity contribution in [2.75, 3.05) is 6.54 Å². The van der Waals surface area contributed by atoms with Gasteiger partial charge in [-0.05, 0) is 65.5 Å². The summed E-state index contributed by atoms with van der Waals surface area (Å²) in [6, 6.07) is 14.4. The molecule has 4 amide bonds. The maximum atomic E-state index is 14.2. The molecular weight excluding hydrogens is 576 g/mol.